The molecule has 0 amide bonds. The third kappa shape index (κ3) is 4.77. The predicted molar refractivity (Wildman–Crippen MR) is 119 cm³/mol. The summed E-state index contributed by atoms with van der Waals surface area (Å²) in [5, 5.41) is 0. The van der Waals surface area contributed by atoms with E-state index in [2.05, 4.69) is 43.8 Å². The van der Waals surface area contributed by atoms with Gasteiger partial charge >= 0.3 is 0 Å². The second-order valence-electron chi connectivity index (χ2n) is 7.43. The summed E-state index contributed by atoms with van der Waals surface area (Å²) < 4.78 is 0. The van der Waals surface area contributed by atoms with Crippen LogP contribution in [0, 0.1) is 6.92 Å². The van der Waals surface area contributed by atoms with Crippen LogP contribution in [0.5, 0.6) is 0 Å². The lowest BCUT2D eigenvalue weighted by atomic mass is 9.78. The first-order valence-electron chi connectivity index (χ1n) is 9.40. The Labute approximate surface area is 178 Å². The van der Waals surface area contributed by atoms with Gasteiger partial charge in [0, 0.05) is 62.3 Å². The molecule has 2 aromatic rings. The molecule has 1 aliphatic heterocycles. The molecule has 0 bridgehead atoms. The van der Waals surface area contributed by atoms with E-state index in [-0.39, 0.29) is 24.8 Å². The predicted octanol–water partition coefficient (Wildman–Crippen LogP) is 2.53. The zero-order valence-corrected chi connectivity index (χ0v) is 17.8. The SMILES string of the molecule is Cc1cnccc1N1CCCN(c2cc(C3CC(N)C3)nc(N)n2)CC1.Cl.Cl. The Balaban J connectivity index is 0.00000140. The number of nitrogen functional groups attached to an aromatic ring is 1. The number of pyridine rings is 1. The van der Waals surface area contributed by atoms with Crippen LogP contribution >= 0.6 is 24.8 Å². The summed E-state index contributed by atoms with van der Waals surface area (Å²) in [5.74, 6) is 1.74. The second kappa shape index (κ2) is 9.58. The van der Waals surface area contributed by atoms with Crippen molar-refractivity contribution in [2.75, 3.05) is 41.7 Å². The molecule has 7 nitrogen and oxygen atoms in total. The van der Waals surface area contributed by atoms with Crippen molar-refractivity contribution in [3.05, 3.63) is 35.8 Å². The number of hydrogen-bond donors (Lipinski definition) is 2. The van der Waals surface area contributed by atoms with E-state index in [0.717, 1.165) is 57.0 Å². The van der Waals surface area contributed by atoms with Crippen LogP contribution in [0.3, 0.4) is 0 Å². The van der Waals surface area contributed by atoms with Crippen molar-refractivity contribution in [1.29, 1.82) is 0 Å². The first-order valence-corrected chi connectivity index (χ1v) is 9.40. The van der Waals surface area contributed by atoms with Crippen molar-refractivity contribution >= 4 is 42.3 Å². The molecule has 28 heavy (non-hydrogen) atoms. The molecule has 0 aromatic carbocycles. The Morgan fingerprint density at radius 3 is 2.46 bits per heavy atom. The summed E-state index contributed by atoms with van der Waals surface area (Å²) >= 11 is 0. The Hall–Kier alpha value is -1.83. The van der Waals surface area contributed by atoms with Gasteiger partial charge in [0.25, 0.3) is 0 Å². The Kier molecular flexibility index (Phi) is 7.69. The van der Waals surface area contributed by atoms with Gasteiger partial charge in [-0.05, 0) is 37.8 Å². The molecule has 2 aliphatic rings. The minimum Gasteiger partial charge on any atom is -0.369 e. The molecule has 0 spiro atoms. The van der Waals surface area contributed by atoms with Gasteiger partial charge in [-0.15, -0.1) is 24.8 Å². The summed E-state index contributed by atoms with van der Waals surface area (Å²) in [6.07, 6.45) is 6.86. The standard InChI is InChI=1S/C19H27N7.2ClH/c1-13-12-22-4-3-17(13)25-5-2-6-26(8-7-25)18-11-16(23-19(21)24-18)14-9-15(20)10-14;;/h3-4,11-12,14-15H,2,5-10,20H2,1H3,(H2,21,23,24);2*1H. The van der Waals surface area contributed by atoms with Gasteiger partial charge < -0.3 is 21.3 Å². The lowest BCUT2D eigenvalue weighted by Crippen LogP contribution is -2.36. The zero-order valence-electron chi connectivity index (χ0n) is 16.1. The molecule has 9 heteroatoms. The van der Waals surface area contributed by atoms with Gasteiger partial charge in [0.15, 0.2) is 0 Å². The van der Waals surface area contributed by atoms with E-state index in [4.69, 9.17) is 11.5 Å². The molecule has 3 heterocycles. The van der Waals surface area contributed by atoms with Crippen LogP contribution in [-0.2, 0) is 0 Å². The summed E-state index contributed by atoms with van der Waals surface area (Å²) in [6, 6.07) is 4.52. The van der Waals surface area contributed by atoms with E-state index >= 15 is 0 Å². The molecule has 0 unspecified atom stereocenters. The quantitative estimate of drug-likeness (QED) is 0.779. The topological polar surface area (TPSA) is 97.2 Å². The van der Waals surface area contributed by atoms with Crippen molar-refractivity contribution in [2.45, 2.75) is 38.1 Å². The first-order chi connectivity index (χ1) is 12.6. The highest BCUT2D eigenvalue weighted by atomic mass is 35.5. The van der Waals surface area contributed by atoms with Gasteiger partial charge in [-0.25, -0.2) is 4.98 Å². The average molecular weight is 426 g/mol. The molecule has 2 aromatic heterocycles. The van der Waals surface area contributed by atoms with Crippen LogP contribution in [0.25, 0.3) is 0 Å². The van der Waals surface area contributed by atoms with E-state index in [9.17, 15) is 0 Å². The van der Waals surface area contributed by atoms with Gasteiger partial charge in [0.05, 0.1) is 5.69 Å². The fourth-order valence-electron chi connectivity index (χ4n) is 3.95. The largest absolute Gasteiger partial charge is 0.369 e. The number of hydrogen-bond acceptors (Lipinski definition) is 7. The smallest absolute Gasteiger partial charge is 0.222 e. The molecule has 154 valence electrons. The molecule has 2 fully saturated rings. The summed E-state index contributed by atoms with van der Waals surface area (Å²) in [5.41, 5.74) is 15.5. The molecule has 0 radical (unpaired) electrons. The van der Waals surface area contributed by atoms with Crippen LogP contribution < -0.4 is 21.3 Å². The van der Waals surface area contributed by atoms with Crippen molar-refractivity contribution < 1.29 is 0 Å². The molecular weight excluding hydrogens is 397 g/mol. The van der Waals surface area contributed by atoms with E-state index in [1.54, 1.807) is 0 Å². The van der Waals surface area contributed by atoms with Gasteiger partial charge in [-0.2, -0.15) is 4.98 Å². The minimum atomic E-state index is 0. The molecule has 4 rings (SSSR count). The van der Waals surface area contributed by atoms with Crippen LogP contribution in [-0.4, -0.2) is 47.2 Å². The third-order valence-corrected chi connectivity index (χ3v) is 5.49. The van der Waals surface area contributed by atoms with Gasteiger partial charge in [0.2, 0.25) is 5.95 Å². The number of aryl methyl sites for hydroxylation is 1. The number of aromatic nitrogens is 3. The Morgan fingerprint density at radius 1 is 1.04 bits per heavy atom. The third-order valence-electron chi connectivity index (χ3n) is 5.49. The van der Waals surface area contributed by atoms with Crippen molar-refractivity contribution in [3.63, 3.8) is 0 Å². The summed E-state index contributed by atoms with van der Waals surface area (Å²) in [4.78, 5) is 17.9. The molecule has 4 N–H and O–H groups in total. The van der Waals surface area contributed by atoms with Crippen LogP contribution in [0.15, 0.2) is 24.5 Å². The Morgan fingerprint density at radius 2 is 1.75 bits per heavy atom. The maximum atomic E-state index is 6.00. The maximum absolute atomic E-state index is 6.00. The number of rotatable bonds is 3. The fourth-order valence-corrected chi connectivity index (χ4v) is 3.95. The van der Waals surface area contributed by atoms with Crippen molar-refractivity contribution in [3.8, 4) is 0 Å². The van der Waals surface area contributed by atoms with E-state index in [1.165, 1.54) is 11.3 Å². The molecular formula is C19H29Cl2N7. The number of halogens is 2. The van der Waals surface area contributed by atoms with Crippen LogP contribution in [0.2, 0.25) is 0 Å². The Bertz CT molecular complexity index is 783. The molecule has 1 saturated heterocycles. The highest BCUT2D eigenvalue weighted by molar-refractivity contribution is 5.85. The lowest BCUT2D eigenvalue weighted by molar-refractivity contribution is 0.345. The second-order valence-corrected chi connectivity index (χ2v) is 7.43. The van der Waals surface area contributed by atoms with Gasteiger partial charge in [-0.1, -0.05) is 0 Å². The van der Waals surface area contributed by atoms with Crippen molar-refractivity contribution in [2.24, 2.45) is 5.73 Å². The molecule has 1 aliphatic carbocycles. The maximum Gasteiger partial charge on any atom is 0.222 e. The lowest BCUT2D eigenvalue weighted by Gasteiger charge is -2.32. The number of nitrogens with two attached hydrogens (primary N) is 2. The highest BCUT2D eigenvalue weighted by Crippen LogP contribution is 2.36. The zero-order chi connectivity index (χ0) is 18.1. The molecule has 1 saturated carbocycles. The van der Waals surface area contributed by atoms with Gasteiger partial charge in [-0.3, -0.25) is 4.98 Å². The summed E-state index contributed by atoms with van der Waals surface area (Å²) in [7, 11) is 0. The van der Waals surface area contributed by atoms with Crippen molar-refractivity contribution in [1.82, 2.24) is 15.0 Å². The molecule has 0 atom stereocenters. The van der Waals surface area contributed by atoms with E-state index in [1.807, 2.05) is 12.4 Å². The number of nitrogens with zero attached hydrogens (tertiary/aromatic N) is 5. The first kappa shape index (κ1) is 22.5. The highest BCUT2D eigenvalue weighted by Gasteiger charge is 2.29. The minimum absolute atomic E-state index is 0. The normalized spacial score (nSPS) is 21.8. The van der Waals surface area contributed by atoms with Crippen LogP contribution in [0.1, 0.15) is 36.4 Å². The fraction of sp³-hybridized carbons (Fsp3) is 0.526. The van der Waals surface area contributed by atoms with E-state index < -0.39 is 0 Å². The van der Waals surface area contributed by atoms with E-state index in [0.29, 0.717) is 17.9 Å². The summed E-state index contributed by atoms with van der Waals surface area (Å²) in [6.45, 7) is 6.00. The van der Waals surface area contributed by atoms with Gasteiger partial charge in [0.1, 0.15) is 5.82 Å². The monoisotopic (exact) mass is 425 g/mol. The average Bonchev–Trinajstić information content (AvgIpc) is 2.85. The number of anilines is 3. The van der Waals surface area contributed by atoms with Crippen LogP contribution in [0.4, 0.5) is 17.5 Å².